The van der Waals surface area contributed by atoms with E-state index < -0.39 is 0 Å². The number of nitrogens with one attached hydrogen (secondary N) is 1. The van der Waals surface area contributed by atoms with Gasteiger partial charge in [-0.3, -0.25) is 9.78 Å². The molecule has 92 valence electrons. The third-order valence-electron chi connectivity index (χ3n) is 2.54. The SMILES string of the molecule is CC(NC(=O)c1ccncc1)c1ccnc(Br)c1. The molecule has 2 aromatic rings. The van der Waals surface area contributed by atoms with Gasteiger partial charge in [-0.15, -0.1) is 0 Å². The number of hydrogen-bond acceptors (Lipinski definition) is 3. The molecule has 1 unspecified atom stereocenters. The molecule has 0 saturated carbocycles. The average Bonchev–Trinajstić information content (AvgIpc) is 2.39. The van der Waals surface area contributed by atoms with E-state index >= 15 is 0 Å². The van der Waals surface area contributed by atoms with Crippen LogP contribution in [-0.4, -0.2) is 15.9 Å². The molecule has 0 aliphatic rings. The fraction of sp³-hybridized carbons (Fsp3) is 0.154. The summed E-state index contributed by atoms with van der Waals surface area (Å²) in [6.07, 6.45) is 4.90. The second-order valence-electron chi connectivity index (χ2n) is 3.84. The first-order valence-electron chi connectivity index (χ1n) is 5.49. The number of carbonyl (C=O) groups is 1. The van der Waals surface area contributed by atoms with E-state index in [1.807, 2.05) is 19.1 Å². The van der Waals surface area contributed by atoms with Crippen molar-refractivity contribution in [3.05, 3.63) is 58.6 Å². The molecule has 5 heteroatoms. The van der Waals surface area contributed by atoms with Gasteiger partial charge in [0.05, 0.1) is 6.04 Å². The van der Waals surface area contributed by atoms with Gasteiger partial charge in [-0.05, 0) is 52.7 Å². The van der Waals surface area contributed by atoms with Crippen LogP contribution in [0.4, 0.5) is 0 Å². The quantitative estimate of drug-likeness (QED) is 0.887. The zero-order valence-electron chi connectivity index (χ0n) is 9.80. The number of hydrogen-bond donors (Lipinski definition) is 1. The van der Waals surface area contributed by atoms with Crippen molar-refractivity contribution >= 4 is 21.8 Å². The van der Waals surface area contributed by atoms with Gasteiger partial charge in [0.1, 0.15) is 4.60 Å². The van der Waals surface area contributed by atoms with E-state index in [2.05, 4.69) is 31.2 Å². The fourth-order valence-electron chi connectivity index (χ4n) is 1.55. The second kappa shape index (κ2) is 5.73. The second-order valence-corrected chi connectivity index (χ2v) is 4.66. The minimum atomic E-state index is -0.113. The van der Waals surface area contributed by atoms with Crippen molar-refractivity contribution in [1.29, 1.82) is 0 Å². The highest BCUT2D eigenvalue weighted by Crippen LogP contribution is 2.16. The highest BCUT2D eigenvalue weighted by atomic mass is 79.9. The van der Waals surface area contributed by atoms with Crippen LogP contribution in [0.3, 0.4) is 0 Å². The van der Waals surface area contributed by atoms with Gasteiger partial charge in [-0.25, -0.2) is 4.98 Å². The summed E-state index contributed by atoms with van der Waals surface area (Å²) in [5.41, 5.74) is 1.60. The van der Waals surface area contributed by atoms with E-state index in [0.29, 0.717) is 5.56 Å². The minimum Gasteiger partial charge on any atom is -0.346 e. The Kier molecular flexibility index (Phi) is 4.04. The van der Waals surface area contributed by atoms with E-state index in [0.717, 1.165) is 10.2 Å². The largest absolute Gasteiger partial charge is 0.346 e. The Labute approximate surface area is 114 Å². The van der Waals surface area contributed by atoms with E-state index in [4.69, 9.17) is 0 Å². The molecule has 0 aromatic carbocycles. The number of nitrogens with zero attached hydrogens (tertiary/aromatic N) is 2. The van der Waals surface area contributed by atoms with E-state index in [1.165, 1.54) is 0 Å². The minimum absolute atomic E-state index is 0.0787. The summed E-state index contributed by atoms with van der Waals surface area (Å²) < 4.78 is 0.755. The lowest BCUT2D eigenvalue weighted by atomic mass is 10.1. The maximum atomic E-state index is 11.9. The van der Waals surface area contributed by atoms with Crippen molar-refractivity contribution in [3.63, 3.8) is 0 Å². The van der Waals surface area contributed by atoms with Crippen LogP contribution in [0.15, 0.2) is 47.5 Å². The molecular formula is C13H12BrN3O. The Hall–Kier alpha value is -1.75. The van der Waals surface area contributed by atoms with Gasteiger partial charge in [0.15, 0.2) is 0 Å². The monoisotopic (exact) mass is 305 g/mol. The van der Waals surface area contributed by atoms with Crippen LogP contribution in [0.25, 0.3) is 0 Å². The number of rotatable bonds is 3. The van der Waals surface area contributed by atoms with Gasteiger partial charge in [0.25, 0.3) is 5.91 Å². The van der Waals surface area contributed by atoms with Crippen LogP contribution < -0.4 is 5.32 Å². The van der Waals surface area contributed by atoms with E-state index in [1.54, 1.807) is 30.7 Å². The average molecular weight is 306 g/mol. The summed E-state index contributed by atoms with van der Waals surface area (Å²) in [6.45, 7) is 1.93. The topological polar surface area (TPSA) is 54.9 Å². The summed E-state index contributed by atoms with van der Waals surface area (Å²) in [5.74, 6) is -0.113. The maximum absolute atomic E-state index is 11.9. The first kappa shape index (κ1) is 12.7. The Bertz CT molecular complexity index is 545. The van der Waals surface area contributed by atoms with Crippen LogP contribution in [0.5, 0.6) is 0 Å². The molecule has 1 N–H and O–H groups in total. The first-order chi connectivity index (χ1) is 8.66. The summed E-state index contributed by atoms with van der Waals surface area (Å²) >= 11 is 3.31. The molecule has 2 heterocycles. The summed E-state index contributed by atoms with van der Waals surface area (Å²) in [5, 5.41) is 2.92. The number of aromatic nitrogens is 2. The van der Waals surface area contributed by atoms with Crippen molar-refractivity contribution < 1.29 is 4.79 Å². The van der Waals surface area contributed by atoms with Crippen molar-refractivity contribution in [3.8, 4) is 0 Å². The van der Waals surface area contributed by atoms with Crippen LogP contribution >= 0.6 is 15.9 Å². The van der Waals surface area contributed by atoms with Crippen molar-refractivity contribution in [1.82, 2.24) is 15.3 Å². The lowest BCUT2D eigenvalue weighted by Gasteiger charge is -2.14. The van der Waals surface area contributed by atoms with Gasteiger partial charge in [-0.2, -0.15) is 0 Å². The molecule has 0 bridgehead atoms. The molecule has 1 amide bonds. The third kappa shape index (κ3) is 3.13. The molecule has 18 heavy (non-hydrogen) atoms. The molecular weight excluding hydrogens is 294 g/mol. The van der Waals surface area contributed by atoms with Crippen LogP contribution in [-0.2, 0) is 0 Å². The lowest BCUT2D eigenvalue weighted by molar-refractivity contribution is 0.0939. The van der Waals surface area contributed by atoms with Crippen LogP contribution in [0.1, 0.15) is 28.9 Å². The van der Waals surface area contributed by atoms with Gasteiger partial charge in [-0.1, -0.05) is 0 Å². The molecule has 2 aromatic heterocycles. The Balaban J connectivity index is 2.08. The Morgan fingerprint density at radius 2 is 2.00 bits per heavy atom. The molecule has 4 nitrogen and oxygen atoms in total. The maximum Gasteiger partial charge on any atom is 0.251 e. The third-order valence-corrected chi connectivity index (χ3v) is 2.97. The van der Waals surface area contributed by atoms with Crippen molar-refractivity contribution in [2.24, 2.45) is 0 Å². The Morgan fingerprint density at radius 3 is 2.67 bits per heavy atom. The molecule has 0 aliphatic carbocycles. The molecule has 0 radical (unpaired) electrons. The zero-order chi connectivity index (χ0) is 13.0. The number of carbonyl (C=O) groups excluding carboxylic acids is 1. The molecule has 0 spiro atoms. The van der Waals surface area contributed by atoms with Crippen molar-refractivity contribution in [2.45, 2.75) is 13.0 Å². The van der Waals surface area contributed by atoms with Crippen LogP contribution in [0.2, 0.25) is 0 Å². The normalized spacial score (nSPS) is 11.9. The fourth-order valence-corrected chi connectivity index (χ4v) is 1.94. The zero-order valence-corrected chi connectivity index (χ0v) is 11.4. The predicted molar refractivity (Wildman–Crippen MR) is 72.1 cm³/mol. The standard InChI is InChI=1S/C13H12BrN3O/c1-9(11-4-7-16-12(14)8-11)17-13(18)10-2-5-15-6-3-10/h2-9H,1H3,(H,17,18). The summed E-state index contributed by atoms with van der Waals surface area (Å²) in [4.78, 5) is 19.9. The van der Waals surface area contributed by atoms with Gasteiger partial charge < -0.3 is 5.32 Å². The van der Waals surface area contributed by atoms with Crippen molar-refractivity contribution in [2.75, 3.05) is 0 Å². The smallest absolute Gasteiger partial charge is 0.251 e. The number of amides is 1. The summed E-state index contributed by atoms with van der Waals surface area (Å²) in [6, 6.07) is 7.05. The van der Waals surface area contributed by atoms with E-state index in [-0.39, 0.29) is 11.9 Å². The molecule has 1 atom stereocenters. The van der Waals surface area contributed by atoms with E-state index in [9.17, 15) is 4.79 Å². The molecule has 0 saturated heterocycles. The molecule has 2 rings (SSSR count). The van der Waals surface area contributed by atoms with Gasteiger partial charge in [0, 0.05) is 24.2 Å². The predicted octanol–water partition coefficient (Wildman–Crippen LogP) is 2.73. The van der Waals surface area contributed by atoms with Gasteiger partial charge in [0.2, 0.25) is 0 Å². The van der Waals surface area contributed by atoms with Gasteiger partial charge >= 0.3 is 0 Å². The number of halogens is 1. The van der Waals surface area contributed by atoms with Crippen LogP contribution in [0, 0.1) is 0 Å². The lowest BCUT2D eigenvalue weighted by Crippen LogP contribution is -2.26. The highest BCUT2D eigenvalue weighted by molar-refractivity contribution is 9.10. The first-order valence-corrected chi connectivity index (χ1v) is 6.28. The molecule has 0 aliphatic heterocycles. The summed E-state index contributed by atoms with van der Waals surface area (Å²) in [7, 11) is 0. The number of pyridine rings is 2. The molecule has 0 fully saturated rings. The Morgan fingerprint density at radius 1 is 1.28 bits per heavy atom. The highest BCUT2D eigenvalue weighted by Gasteiger charge is 2.11.